The topological polar surface area (TPSA) is 34.9 Å². The van der Waals surface area contributed by atoms with Gasteiger partial charge in [-0.1, -0.05) is 15.9 Å². The minimum Gasteiger partial charge on any atom is -0.294 e. The molecule has 19 heavy (non-hydrogen) atoms. The van der Waals surface area contributed by atoms with Crippen LogP contribution < -0.4 is 0 Å². The highest BCUT2D eigenvalue weighted by molar-refractivity contribution is 9.10. The SMILES string of the molecule is Cc1cc(CC(=O)c2c(F)cc(Br)cc2F)n(C)n1. The van der Waals surface area contributed by atoms with Gasteiger partial charge >= 0.3 is 0 Å². The monoisotopic (exact) mass is 328 g/mol. The maximum atomic E-state index is 13.7. The summed E-state index contributed by atoms with van der Waals surface area (Å²) in [5, 5.41) is 4.09. The Labute approximate surface area is 117 Å². The maximum Gasteiger partial charge on any atom is 0.174 e. The standard InChI is InChI=1S/C13H11BrF2N2O/c1-7-3-9(18(2)17-7)6-12(19)13-10(15)4-8(14)5-11(13)16/h3-5H,6H2,1-2H3. The molecular weight excluding hydrogens is 318 g/mol. The van der Waals surface area contributed by atoms with E-state index in [-0.39, 0.29) is 10.9 Å². The summed E-state index contributed by atoms with van der Waals surface area (Å²) in [6.45, 7) is 1.79. The van der Waals surface area contributed by atoms with E-state index >= 15 is 0 Å². The lowest BCUT2D eigenvalue weighted by Gasteiger charge is -2.05. The summed E-state index contributed by atoms with van der Waals surface area (Å²) in [5.74, 6) is -2.34. The molecule has 0 N–H and O–H groups in total. The molecule has 0 radical (unpaired) electrons. The molecule has 0 aliphatic rings. The van der Waals surface area contributed by atoms with Crippen LogP contribution in [0, 0.1) is 18.6 Å². The van der Waals surface area contributed by atoms with Crippen LogP contribution in [-0.4, -0.2) is 15.6 Å². The summed E-state index contributed by atoms with van der Waals surface area (Å²) in [4.78, 5) is 12.0. The molecule has 100 valence electrons. The number of ketones is 1. The smallest absolute Gasteiger partial charge is 0.174 e. The van der Waals surface area contributed by atoms with Crippen LogP contribution in [0.2, 0.25) is 0 Å². The molecule has 3 nitrogen and oxygen atoms in total. The number of halogens is 3. The number of hydrogen-bond donors (Lipinski definition) is 0. The molecule has 0 aliphatic heterocycles. The number of Topliss-reactive ketones (excluding diaryl/α,β-unsaturated/α-hetero) is 1. The van der Waals surface area contributed by atoms with E-state index < -0.39 is 23.0 Å². The van der Waals surface area contributed by atoms with Crippen LogP contribution in [0.1, 0.15) is 21.7 Å². The Hall–Kier alpha value is -1.56. The van der Waals surface area contributed by atoms with Crippen molar-refractivity contribution in [2.45, 2.75) is 13.3 Å². The minimum atomic E-state index is -0.865. The Morgan fingerprint density at radius 1 is 1.32 bits per heavy atom. The number of nitrogens with zero attached hydrogens (tertiary/aromatic N) is 2. The minimum absolute atomic E-state index is 0.0905. The summed E-state index contributed by atoms with van der Waals surface area (Å²) in [6, 6.07) is 3.86. The lowest BCUT2D eigenvalue weighted by atomic mass is 10.1. The quantitative estimate of drug-likeness (QED) is 0.811. The fourth-order valence-corrected chi connectivity index (χ4v) is 2.29. The van der Waals surface area contributed by atoms with Gasteiger partial charge in [-0.2, -0.15) is 5.10 Å². The first kappa shape index (κ1) is 13.9. The summed E-state index contributed by atoms with van der Waals surface area (Å²) >= 11 is 2.97. The first-order chi connectivity index (χ1) is 8.88. The number of carbonyl (C=O) groups is 1. The Bertz CT molecular complexity index is 629. The van der Waals surface area contributed by atoms with Crippen LogP contribution in [0.3, 0.4) is 0 Å². The van der Waals surface area contributed by atoms with Gasteiger partial charge in [-0.3, -0.25) is 9.48 Å². The average Bonchev–Trinajstić information content (AvgIpc) is 2.55. The van der Waals surface area contributed by atoms with E-state index in [9.17, 15) is 13.6 Å². The summed E-state index contributed by atoms with van der Waals surface area (Å²) in [7, 11) is 1.68. The number of aryl methyl sites for hydroxylation is 2. The van der Waals surface area contributed by atoms with E-state index in [4.69, 9.17) is 0 Å². The van der Waals surface area contributed by atoms with Crippen molar-refractivity contribution in [2.24, 2.45) is 7.05 Å². The first-order valence-electron chi connectivity index (χ1n) is 5.55. The van der Waals surface area contributed by atoms with Crippen LogP contribution in [-0.2, 0) is 13.5 Å². The summed E-state index contributed by atoms with van der Waals surface area (Å²) in [6.07, 6.45) is -0.0905. The molecule has 0 saturated carbocycles. The van der Waals surface area contributed by atoms with Crippen molar-refractivity contribution in [1.29, 1.82) is 0 Å². The van der Waals surface area contributed by atoms with Crippen LogP contribution in [0.5, 0.6) is 0 Å². The second-order valence-electron chi connectivity index (χ2n) is 4.25. The molecule has 0 saturated heterocycles. The van der Waals surface area contributed by atoms with Crippen molar-refractivity contribution in [3.05, 3.63) is 51.3 Å². The Balaban J connectivity index is 2.33. The second kappa shape index (κ2) is 5.21. The molecule has 1 heterocycles. The lowest BCUT2D eigenvalue weighted by molar-refractivity contribution is 0.0982. The van der Waals surface area contributed by atoms with Gasteiger partial charge in [-0.05, 0) is 25.1 Å². The van der Waals surface area contributed by atoms with Gasteiger partial charge in [0.15, 0.2) is 5.78 Å². The Morgan fingerprint density at radius 3 is 2.37 bits per heavy atom. The van der Waals surface area contributed by atoms with Gasteiger partial charge in [0, 0.05) is 17.2 Å². The molecule has 0 unspecified atom stereocenters. The van der Waals surface area contributed by atoms with Crippen LogP contribution in [0.25, 0.3) is 0 Å². The van der Waals surface area contributed by atoms with Crippen molar-refractivity contribution in [2.75, 3.05) is 0 Å². The number of aromatic nitrogens is 2. The van der Waals surface area contributed by atoms with E-state index in [1.807, 2.05) is 0 Å². The van der Waals surface area contributed by atoms with Crippen molar-refractivity contribution >= 4 is 21.7 Å². The predicted octanol–water partition coefficient (Wildman–Crippen LogP) is 3.19. The van der Waals surface area contributed by atoms with Gasteiger partial charge in [0.2, 0.25) is 0 Å². The van der Waals surface area contributed by atoms with Gasteiger partial charge in [-0.15, -0.1) is 0 Å². The highest BCUT2D eigenvalue weighted by Crippen LogP contribution is 2.21. The molecule has 0 fully saturated rings. The zero-order valence-electron chi connectivity index (χ0n) is 10.4. The maximum absolute atomic E-state index is 13.7. The lowest BCUT2D eigenvalue weighted by Crippen LogP contribution is -2.11. The molecule has 1 aromatic heterocycles. The van der Waals surface area contributed by atoms with Crippen molar-refractivity contribution < 1.29 is 13.6 Å². The number of rotatable bonds is 3. The molecular formula is C13H11BrF2N2O. The van der Waals surface area contributed by atoms with E-state index in [2.05, 4.69) is 21.0 Å². The molecule has 0 bridgehead atoms. The predicted molar refractivity (Wildman–Crippen MR) is 70.0 cm³/mol. The summed E-state index contributed by atoms with van der Waals surface area (Å²) in [5.41, 5.74) is 0.855. The molecule has 1 aromatic carbocycles. The fourth-order valence-electron chi connectivity index (χ4n) is 1.89. The van der Waals surface area contributed by atoms with Crippen molar-refractivity contribution in [3.8, 4) is 0 Å². The largest absolute Gasteiger partial charge is 0.294 e. The molecule has 0 aliphatic carbocycles. The van der Waals surface area contributed by atoms with Crippen LogP contribution in [0.4, 0.5) is 8.78 Å². The normalized spacial score (nSPS) is 10.8. The first-order valence-corrected chi connectivity index (χ1v) is 6.35. The zero-order chi connectivity index (χ0) is 14.2. The third kappa shape index (κ3) is 2.89. The second-order valence-corrected chi connectivity index (χ2v) is 5.16. The van der Waals surface area contributed by atoms with E-state index in [1.165, 1.54) is 4.68 Å². The Kier molecular flexibility index (Phi) is 3.80. The third-order valence-electron chi connectivity index (χ3n) is 2.73. The molecule has 2 rings (SSSR count). The molecule has 0 atom stereocenters. The number of benzene rings is 1. The van der Waals surface area contributed by atoms with Crippen molar-refractivity contribution in [3.63, 3.8) is 0 Å². The average molecular weight is 329 g/mol. The van der Waals surface area contributed by atoms with E-state index in [1.54, 1.807) is 20.0 Å². The van der Waals surface area contributed by atoms with Crippen LogP contribution in [0.15, 0.2) is 22.7 Å². The highest BCUT2D eigenvalue weighted by Gasteiger charge is 2.19. The summed E-state index contributed by atoms with van der Waals surface area (Å²) < 4.78 is 29.1. The molecule has 2 aromatic rings. The Morgan fingerprint density at radius 2 is 1.89 bits per heavy atom. The van der Waals surface area contributed by atoms with Gasteiger partial charge in [0.25, 0.3) is 0 Å². The number of carbonyl (C=O) groups excluding carboxylic acids is 1. The number of hydrogen-bond acceptors (Lipinski definition) is 2. The molecule has 6 heteroatoms. The van der Waals surface area contributed by atoms with Gasteiger partial charge in [0.05, 0.1) is 17.7 Å². The van der Waals surface area contributed by atoms with Crippen LogP contribution >= 0.6 is 15.9 Å². The molecule has 0 amide bonds. The van der Waals surface area contributed by atoms with Gasteiger partial charge in [0.1, 0.15) is 11.6 Å². The van der Waals surface area contributed by atoms with E-state index in [0.717, 1.165) is 17.8 Å². The zero-order valence-corrected chi connectivity index (χ0v) is 12.0. The molecule has 0 spiro atoms. The van der Waals surface area contributed by atoms with Gasteiger partial charge in [-0.25, -0.2) is 8.78 Å². The van der Waals surface area contributed by atoms with Gasteiger partial charge < -0.3 is 0 Å². The fraction of sp³-hybridized carbons (Fsp3) is 0.231. The highest BCUT2D eigenvalue weighted by atomic mass is 79.9. The third-order valence-corrected chi connectivity index (χ3v) is 3.18. The van der Waals surface area contributed by atoms with Crippen molar-refractivity contribution in [1.82, 2.24) is 9.78 Å². The van der Waals surface area contributed by atoms with E-state index in [0.29, 0.717) is 5.69 Å².